The Hall–Kier alpha value is -0.650. The van der Waals surface area contributed by atoms with Gasteiger partial charge in [0.05, 0.1) is 18.6 Å². The van der Waals surface area contributed by atoms with Crippen molar-refractivity contribution in [2.24, 2.45) is 0 Å². The monoisotopic (exact) mass is 229 g/mol. The van der Waals surface area contributed by atoms with E-state index in [4.69, 9.17) is 14.6 Å². The summed E-state index contributed by atoms with van der Waals surface area (Å²) in [6.45, 7) is 2.75. The normalized spacial score (nSPS) is 34.4. The number of ether oxygens (including phenoxy) is 2. The van der Waals surface area contributed by atoms with Crippen LogP contribution in [0.3, 0.4) is 0 Å². The highest BCUT2D eigenvalue weighted by Gasteiger charge is 2.40. The van der Waals surface area contributed by atoms with E-state index in [9.17, 15) is 4.79 Å². The fourth-order valence-electron chi connectivity index (χ4n) is 2.45. The summed E-state index contributed by atoms with van der Waals surface area (Å²) in [5.41, 5.74) is -0.0981. The van der Waals surface area contributed by atoms with Crippen LogP contribution in [0, 0.1) is 0 Å². The molecule has 2 aliphatic rings. The lowest BCUT2D eigenvalue weighted by Crippen LogP contribution is -2.47. The van der Waals surface area contributed by atoms with Gasteiger partial charge in [0.15, 0.2) is 0 Å². The largest absolute Gasteiger partial charge is 0.481 e. The summed E-state index contributed by atoms with van der Waals surface area (Å²) in [7, 11) is 0. The predicted molar refractivity (Wildman–Crippen MR) is 57.4 cm³/mol. The SMILES string of the molecule is O=C(O)CCNC1CCOC2(CCOC2)C1. The summed E-state index contributed by atoms with van der Waals surface area (Å²) in [4.78, 5) is 10.4. The first-order chi connectivity index (χ1) is 7.70. The summed E-state index contributed by atoms with van der Waals surface area (Å²) in [5.74, 6) is -0.751. The van der Waals surface area contributed by atoms with Crippen LogP contribution in [0.1, 0.15) is 25.7 Å². The lowest BCUT2D eigenvalue weighted by Gasteiger charge is -2.37. The van der Waals surface area contributed by atoms with Gasteiger partial charge in [0.2, 0.25) is 0 Å². The molecule has 5 heteroatoms. The van der Waals surface area contributed by atoms with Crippen molar-refractivity contribution in [1.29, 1.82) is 0 Å². The number of hydrogen-bond donors (Lipinski definition) is 2. The summed E-state index contributed by atoms with van der Waals surface area (Å²) in [5, 5.41) is 11.9. The third kappa shape index (κ3) is 2.93. The second-order valence-electron chi connectivity index (χ2n) is 4.62. The fraction of sp³-hybridized carbons (Fsp3) is 0.909. The number of rotatable bonds is 4. The number of nitrogens with one attached hydrogen (secondary N) is 1. The van der Waals surface area contributed by atoms with Crippen LogP contribution in [-0.2, 0) is 14.3 Å². The zero-order chi connectivity index (χ0) is 11.4. The van der Waals surface area contributed by atoms with Crippen molar-refractivity contribution in [3.63, 3.8) is 0 Å². The highest BCUT2D eigenvalue weighted by atomic mass is 16.6. The van der Waals surface area contributed by atoms with Gasteiger partial charge in [-0.05, 0) is 12.8 Å². The lowest BCUT2D eigenvalue weighted by molar-refractivity contribution is -0.137. The number of carboxylic acids is 1. The zero-order valence-corrected chi connectivity index (χ0v) is 9.41. The topological polar surface area (TPSA) is 67.8 Å². The average molecular weight is 229 g/mol. The molecule has 1 spiro atoms. The molecular weight excluding hydrogens is 210 g/mol. The first kappa shape index (κ1) is 11.8. The minimum absolute atomic E-state index is 0.0981. The molecule has 2 rings (SSSR count). The van der Waals surface area contributed by atoms with Crippen molar-refractivity contribution in [1.82, 2.24) is 5.32 Å². The van der Waals surface area contributed by atoms with Crippen LogP contribution in [0.2, 0.25) is 0 Å². The first-order valence-corrected chi connectivity index (χ1v) is 5.87. The Labute approximate surface area is 95.1 Å². The van der Waals surface area contributed by atoms with Crippen molar-refractivity contribution in [3.05, 3.63) is 0 Å². The molecule has 0 amide bonds. The Balaban J connectivity index is 1.76. The molecule has 0 aromatic rings. The van der Waals surface area contributed by atoms with E-state index in [1.807, 2.05) is 0 Å². The molecule has 2 atom stereocenters. The molecular formula is C11H19NO4. The molecule has 5 nitrogen and oxygen atoms in total. The van der Waals surface area contributed by atoms with E-state index in [0.717, 1.165) is 32.5 Å². The van der Waals surface area contributed by atoms with Gasteiger partial charge in [-0.3, -0.25) is 4.79 Å². The Kier molecular flexibility index (Phi) is 3.78. The molecule has 2 N–H and O–H groups in total. The number of hydrogen-bond acceptors (Lipinski definition) is 4. The summed E-state index contributed by atoms with van der Waals surface area (Å²) >= 11 is 0. The highest BCUT2D eigenvalue weighted by molar-refractivity contribution is 5.66. The minimum Gasteiger partial charge on any atom is -0.481 e. The lowest BCUT2D eigenvalue weighted by atomic mass is 9.89. The molecule has 0 bridgehead atoms. The van der Waals surface area contributed by atoms with Crippen molar-refractivity contribution in [2.45, 2.75) is 37.3 Å². The second kappa shape index (κ2) is 5.12. The number of carbonyl (C=O) groups is 1. The van der Waals surface area contributed by atoms with Gasteiger partial charge in [0.25, 0.3) is 0 Å². The summed E-state index contributed by atoms with van der Waals surface area (Å²) < 4.78 is 11.2. The molecule has 0 aliphatic carbocycles. The third-order valence-corrected chi connectivity index (χ3v) is 3.33. The third-order valence-electron chi connectivity index (χ3n) is 3.33. The molecule has 16 heavy (non-hydrogen) atoms. The van der Waals surface area contributed by atoms with E-state index >= 15 is 0 Å². The average Bonchev–Trinajstić information content (AvgIpc) is 2.66. The van der Waals surface area contributed by atoms with Gasteiger partial charge in [-0.2, -0.15) is 0 Å². The quantitative estimate of drug-likeness (QED) is 0.730. The Morgan fingerprint density at radius 2 is 2.38 bits per heavy atom. The van der Waals surface area contributed by atoms with E-state index in [1.165, 1.54) is 0 Å². The highest BCUT2D eigenvalue weighted by Crippen LogP contribution is 2.32. The predicted octanol–water partition coefficient (Wildman–Crippen LogP) is 0.389. The fourth-order valence-corrected chi connectivity index (χ4v) is 2.45. The molecule has 0 aromatic carbocycles. The van der Waals surface area contributed by atoms with Crippen LogP contribution in [0.5, 0.6) is 0 Å². The smallest absolute Gasteiger partial charge is 0.304 e. The molecule has 0 aromatic heterocycles. The van der Waals surface area contributed by atoms with E-state index in [1.54, 1.807) is 0 Å². The maximum atomic E-state index is 10.4. The van der Waals surface area contributed by atoms with Crippen molar-refractivity contribution >= 4 is 5.97 Å². The van der Waals surface area contributed by atoms with Gasteiger partial charge in [-0.1, -0.05) is 0 Å². The van der Waals surface area contributed by atoms with Crippen LogP contribution in [0.15, 0.2) is 0 Å². The van der Waals surface area contributed by atoms with Gasteiger partial charge in [-0.25, -0.2) is 0 Å². The Bertz CT molecular complexity index is 250. The van der Waals surface area contributed by atoms with E-state index < -0.39 is 5.97 Å². The van der Waals surface area contributed by atoms with Crippen LogP contribution in [0.25, 0.3) is 0 Å². The maximum Gasteiger partial charge on any atom is 0.304 e. The summed E-state index contributed by atoms with van der Waals surface area (Å²) in [6.07, 6.45) is 3.04. The van der Waals surface area contributed by atoms with E-state index in [-0.39, 0.29) is 12.0 Å². The van der Waals surface area contributed by atoms with Gasteiger partial charge < -0.3 is 19.9 Å². The van der Waals surface area contributed by atoms with Crippen LogP contribution < -0.4 is 5.32 Å². The van der Waals surface area contributed by atoms with Crippen molar-refractivity contribution in [2.75, 3.05) is 26.4 Å². The minimum atomic E-state index is -0.751. The Morgan fingerprint density at radius 3 is 3.06 bits per heavy atom. The van der Waals surface area contributed by atoms with Crippen LogP contribution in [0.4, 0.5) is 0 Å². The van der Waals surface area contributed by atoms with Crippen LogP contribution in [-0.4, -0.2) is 49.1 Å². The molecule has 0 radical (unpaired) electrons. The molecule has 2 heterocycles. The molecule has 0 saturated carbocycles. The van der Waals surface area contributed by atoms with E-state index in [0.29, 0.717) is 19.2 Å². The van der Waals surface area contributed by atoms with Crippen LogP contribution >= 0.6 is 0 Å². The maximum absolute atomic E-state index is 10.4. The zero-order valence-electron chi connectivity index (χ0n) is 9.41. The molecule has 2 fully saturated rings. The number of aliphatic carboxylic acids is 1. The molecule has 2 aliphatic heterocycles. The molecule has 92 valence electrons. The van der Waals surface area contributed by atoms with E-state index in [2.05, 4.69) is 5.32 Å². The standard InChI is InChI=1S/C11H19NO4/c13-10(14)1-4-12-9-2-5-16-11(7-9)3-6-15-8-11/h9,12H,1-8H2,(H,13,14). The van der Waals surface area contributed by atoms with Crippen molar-refractivity contribution in [3.8, 4) is 0 Å². The van der Waals surface area contributed by atoms with Gasteiger partial charge in [0, 0.05) is 32.2 Å². The molecule has 2 saturated heterocycles. The van der Waals surface area contributed by atoms with Gasteiger partial charge in [0.1, 0.15) is 0 Å². The Morgan fingerprint density at radius 1 is 1.50 bits per heavy atom. The molecule has 2 unspecified atom stereocenters. The number of carboxylic acid groups (broad SMARTS) is 1. The second-order valence-corrected chi connectivity index (χ2v) is 4.62. The first-order valence-electron chi connectivity index (χ1n) is 5.87. The van der Waals surface area contributed by atoms with Gasteiger partial charge >= 0.3 is 5.97 Å². The van der Waals surface area contributed by atoms with Crippen molar-refractivity contribution < 1.29 is 19.4 Å². The summed E-state index contributed by atoms with van der Waals surface area (Å²) in [6, 6.07) is 0.370. The van der Waals surface area contributed by atoms with Gasteiger partial charge in [-0.15, -0.1) is 0 Å².